The van der Waals surface area contributed by atoms with Crippen LogP contribution in [-0.2, 0) is 9.05 Å². The number of carbonyl (C=O) groups is 1. The van der Waals surface area contributed by atoms with Gasteiger partial charge in [0.25, 0.3) is 15.0 Å². The van der Waals surface area contributed by atoms with Crippen molar-refractivity contribution in [3.05, 3.63) is 29.6 Å². The van der Waals surface area contributed by atoms with Gasteiger partial charge in [-0.25, -0.2) is 12.8 Å². The van der Waals surface area contributed by atoms with Crippen molar-refractivity contribution in [2.24, 2.45) is 0 Å². The van der Waals surface area contributed by atoms with Gasteiger partial charge in [0.2, 0.25) is 0 Å². The fraction of sp³-hybridized carbons (Fsp3) is 0.182. The van der Waals surface area contributed by atoms with Gasteiger partial charge in [-0.15, -0.1) is 12.3 Å². The second kappa shape index (κ2) is 5.85. The Labute approximate surface area is 109 Å². The van der Waals surface area contributed by atoms with Gasteiger partial charge < -0.3 is 5.32 Å². The average Bonchev–Trinajstić information content (AvgIpc) is 2.27. The van der Waals surface area contributed by atoms with Gasteiger partial charge in [0.05, 0.1) is 10.5 Å². The quantitative estimate of drug-likeness (QED) is 0.519. The summed E-state index contributed by atoms with van der Waals surface area (Å²) in [7, 11) is 1.03. The third-order valence-corrected chi connectivity index (χ3v) is 3.37. The van der Waals surface area contributed by atoms with Crippen molar-refractivity contribution >= 4 is 25.6 Å². The van der Waals surface area contributed by atoms with Crippen LogP contribution in [0.3, 0.4) is 0 Å². The number of hydrogen-bond donors (Lipinski definition) is 1. The number of benzene rings is 1. The smallest absolute Gasteiger partial charge is 0.261 e. The lowest BCUT2D eigenvalue weighted by Crippen LogP contribution is -2.25. The lowest BCUT2D eigenvalue weighted by atomic mass is 10.2. The Morgan fingerprint density at radius 3 is 2.67 bits per heavy atom. The van der Waals surface area contributed by atoms with Crippen LogP contribution in [0.2, 0.25) is 0 Å². The molecule has 0 aromatic heterocycles. The van der Waals surface area contributed by atoms with Crippen LogP contribution in [0.4, 0.5) is 4.39 Å². The van der Waals surface area contributed by atoms with Gasteiger partial charge in [-0.3, -0.25) is 4.79 Å². The summed E-state index contributed by atoms with van der Waals surface area (Å²) in [4.78, 5) is 11.1. The van der Waals surface area contributed by atoms with E-state index in [2.05, 4.69) is 11.2 Å². The van der Waals surface area contributed by atoms with Gasteiger partial charge >= 0.3 is 0 Å². The van der Waals surface area contributed by atoms with Gasteiger partial charge in [0, 0.05) is 23.6 Å². The highest BCUT2D eigenvalue weighted by molar-refractivity contribution is 8.13. The largest absolute Gasteiger partial charge is 0.351 e. The minimum Gasteiger partial charge on any atom is -0.351 e. The molecule has 1 aromatic carbocycles. The molecule has 0 fully saturated rings. The molecule has 1 rings (SSSR count). The number of rotatable bonds is 4. The predicted molar refractivity (Wildman–Crippen MR) is 65.2 cm³/mol. The predicted octanol–water partition coefficient (Wildman–Crippen LogP) is 1.51. The summed E-state index contributed by atoms with van der Waals surface area (Å²) in [5.74, 6) is 0.684. The van der Waals surface area contributed by atoms with E-state index in [1.165, 1.54) is 0 Å². The average molecular weight is 290 g/mol. The molecule has 0 saturated carbocycles. The maximum absolute atomic E-state index is 13.5. The van der Waals surface area contributed by atoms with E-state index in [1.807, 2.05) is 0 Å². The zero-order valence-corrected chi connectivity index (χ0v) is 10.7. The van der Waals surface area contributed by atoms with Crippen molar-refractivity contribution in [2.75, 3.05) is 6.54 Å². The molecule has 1 aromatic rings. The van der Waals surface area contributed by atoms with E-state index in [-0.39, 0.29) is 12.1 Å². The van der Waals surface area contributed by atoms with Gasteiger partial charge in [0.15, 0.2) is 0 Å². The number of hydrogen-bond acceptors (Lipinski definition) is 3. The van der Waals surface area contributed by atoms with Gasteiger partial charge in [-0.05, 0) is 18.2 Å². The number of nitrogens with one attached hydrogen (secondary N) is 1. The molecule has 96 valence electrons. The summed E-state index contributed by atoms with van der Waals surface area (Å²) in [5.41, 5.74) is -0.268. The molecular weight excluding hydrogens is 281 g/mol. The van der Waals surface area contributed by atoms with Gasteiger partial charge in [-0.1, -0.05) is 0 Å². The maximum atomic E-state index is 13.5. The molecule has 7 heteroatoms. The normalized spacial score (nSPS) is 10.7. The van der Waals surface area contributed by atoms with Crippen LogP contribution < -0.4 is 5.32 Å². The minimum absolute atomic E-state index is 0.213. The van der Waals surface area contributed by atoms with Crippen molar-refractivity contribution in [1.82, 2.24) is 5.32 Å². The molecule has 0 aliphatic rings. The Morgan fingerprint density at radius 2 is 2.17 bits per heavy atom. The second-order valence-electron chi connectivity index (χ2n) is 3.29. The molecule has 0 atom stereocenters. The Kier molecular flexibility index (Phi) is 4.70. The van der Waals surface area contributed by atoms with Gasteiger partial charge in [-0.2, -0.15) is 0 Å². The first kappa shape index (κ1) is 14.5. The van der Waals surface area contributed by atoms with Crippen LogP contribution in [0.15, 0.2) is 23.1 Å². The molecule has 1 amide bonds. The third kappa shape index (κ3) is 3.72. The highest BCUT2D eigenvalue weighted by atomic mass is 35.7. The van der Waals surface area contributed by atoms with E-state index < -0.39 is 25.7 Å². The summed E-state index contributed by atoms with van der Waals surface area (Å²) < 4.78 is 35.4. The Morgan fingerprint density at radius 1 is 1.50 bits per heavy atom. The first-order valence-corrected chi connectivity index (χ1v) is 7.13. The maximum Gasteiger partial charge on any atom is 0.261 e. The molecule has 18 heavy (non-hydrogen) atoms. The van der Waals surface area contributed by atoms with Gasteiger partial charge in [0.1, 0.15) is 5.82 Å². The van der Waals surface area contributed by atoms with Crippen molar-refractivity contribution in [2.45, 2.75) is 11.3 Å². The van der Waals surface area contributed by atoms with Crippen LogP contribution in [0.1, 0.15) is 16.8 Å². The molecule has 0 spiro atoms. The zero-order chi connectivity index (χ0) is 13.8. The Balaban J connectivity index is 2.93. The van der Waals surface area contributed by atoms with Crippen LogP contribution in [0.25, 0.3) is 0 Å². The number of carbonyl (C=O) groups excluding carboxylic acids is 1. The van der Waals surface area contributed by atoms with E-state index in [0.29, 0.717) is 12.5 Å². The molecule has 0 radical (unpaired) electrons. The van der Waals surface area contributed by atoms with Crippen LogP contribution >= 0.6 is 10.7 Å². The Hall–Kier alpha value is -1.58. The summed E-state index contributed by atoms with van der Waals surface area (Å²) in [6.07, 6.45) is 5.32. The molecule has 0 aliphatic heterocycles. The molecule has 0 unspecified atom stereocenters. The van der Waals surface area contributed by atoms with Crippen LogP contribution in [0, 0.1) is 18.2 Å². The summed E-state index contributed by atoms with van der Waals surface area (Å²) in [5, 5.41) is 2.40. The second-order valence-corrected chi connectivity index (χ2v) is 5.86. The first-order valence-electron chi connectivity index (χ1n) is 4.82. The summed E-state index contributed by atoms with van der Waals surface area (Å²) >= 11 is 0. The highest BCUT2D eigenvalue weighted by Gasteiger charge is 2.16. The van der Waals surface area contributed by atoms with E-state index in [4.69, 9.17) is 17.1 Å². The fourth-order valence-corrected chi connectivity index (χ4v) is 1.94. The van der Waals surface area contributed by atoms with Crippen molar-refractivity contribution in [3.8, 4) is 12.3 Å². The summed E-state index contributed by atoms with van der Waals surface area (Å²) in [6.45, 7) is 0.213. The Bertz CT molecular complexity index is 607. The monoisotopic (exact) mass is 289 g/mol. The molecular formula is C11H9ClFNO3S. The van der Waals surface area contributed by atoms with Crippen molar-refractivity contribution in [3.63, 3.8) is 0 Å². The molecule has 0 heterocycles. The molecule has 0 saturated heterocycles. The number of halogens is 2. The SMILES string of the molecule is C#CCCNC(=O)c1ccc(S(=O)(=O)Cl)cc1F. The third-order valence-electron chi connectivity index (χ3n) is 2.02. The molecule has 0 bridgehead atoms. The topological polar surface area (TPSA) is 63.2 Å². The standard InChI is InChI=1S/C11H9ClFNO3S/c1-2-3-6-14-11(15)9-5-4-8(7-10(9)13)18(12,16)17/h1,4-5,7H,3,6H2,(H,14,15). The lowest BCUT2D eigenvalue weighted by Gasteiger charge is -2.05. The molecule has 0 aliphatic carbocycles. The highest BCUT2D eigenvalue weighted by Crippen LogP contribution is 2.18. The molecule has 4 nitrogen and oxygen atoms in total. The number of amides is 1. The summed E-state index contributed by atoms with van der Waals surface area (Å²) in [6, 6.07) is 2.80. The molecule has 1 N–H and O–H groups in total. The van der Waals surface area contributed by atoms with E-state index in [0.717, 1.165) is 12.1 Å². The lowest BCUT2D eigenvalue weighted by molar-refractivity contribution is 0.0950. The zero-order valence-electron chi connectivity index (χ0n) is 9.11. The first-order chi connectivity index (χ1) is 8.36. The minimum atomic E-state index is -4.01. The van der Waals surface area contributed by atoms with E-state index >= 15 is 0 Å². The van der Waals surface area contributed by atoms with Crippen LogP contribution in [-0.4, -0.2) is 20.9 Å². The van der Waals surface area contributed by atoms with Crippen molar-refractivity contribution < 1.29 is 17.6 Å². The fourth-order valence-electron chi connectivity index (χ4n) is 1.18. The van der Waals surface area contributed by atoms with Crippen molar-refractivity contribution in [1.29, 1.82) is 0 Å². The number of terminal acetylenes is 1. The van der Waals surface area contributed by atoms with E-state index in [1.54, 1.807) is 0 Å². The van der Waals surface area contributed by atoms with Crippen LogP contribution in [0.5, 0.6) is 0 Å². The van der Waals surface area contributed by atoms with E-state index in [9.17, 15) is 17.6 Å².